The van der Waals surface area contributed by atoms with E-state index in [0.29, 0.717) is 6.54 Å². The maximum Gasteiger partial charge on any atom is 0.231 e. The monoisotopic (exact) mass is 297 g/mol. The van der Waals surface area contributed by atoms with Gasteiger partial charge in [0.2, 0.25) is 5.91 Å². The molecule has 6 heteroatoms. The molecule has 1 aliphatic rings. The largest absolute Gasteiger partial charge is 0.369 e. The number of hydrogen-bond acceptors (Lipinski definition) is 5. The molecule has 2 heterocycles. The molecule has 2 aromatic rings. The number of carbonyl (C=O) groups excluding carboxylic acids is 1. The first kappa shape index (κ1) is 14.5. The van der Waals surface area contributed by atoms with E-state index in [1.54, 1.807) is 6.20 Å². The van der Waals surface area contributed by atoms with Crippen molar-refractivity contribution in [3.05, 3.63) is 42.6 Å². The average Bonchev–Trinajstić information content (AvgIpc) is 2.56. The van der Waals surface area contributed by atoms with Crippen LogP contribution in [0.2, 0.25) is 0 Å². The molecule has 0 aliphatic carbocycles. The summed E-state index contributed by atoms with van der Waals surface area (Å²) in [6.45, 7) is 3.62. The van der Waals surface area contributed by atoms with Crippen LogP contribution in [0, 0.1) is 0 Å². The van der Waals surface area contributed by atoms with Gasteiger partial charge in [0.25, 0.3) is 0 Å². The maximum atomic E-state index is 11.0. The van der Waals surface area contributed by atoms with Crippen molar-refractivity contribution in [1.29, 1.82) is 0 Å². The van der Waals surface area contributed by atoms with E-state index in [-0.39, 0.29) is 5.91 Å². The molecule has 0 spiro atoms. The lowest BCUT2D eigenvalue weighted by molar-refractivity contribution is -0.119. The van der Waals surface area contributed by atoms with Crippen molar-refractivity contribution in [2.45, 2.75) is 0 Å². The van der Waals surface area contributed by atoms with Gasteiger partial charge < -0.3 is 10.6 Å². The summed E-state index contributed by atoms with van der Waals surface area (Å²) in [5.74, 6) is 1.38. The summed E-state index contributed by atoms with van der Waals surface area (Å²) < 4.78 is 0. The quantitative estimate of drug-likeness (QED) is 0.901. The van der Waals surface area contributed by atoms with E-state index in [2.05, 4.69) is 19.8 Å². The molecule has 0 atom stereocenters. The normalized spacial score (nSPS) is 15.7. The van der Waals surface area contributed by atoms with Gasteiger partial charge >= 0.3 is 0 Å². The summed E-state index contributed by atoms with van der Waals surface area (Å²) in [5.41, 5.74) is 6.25. The predicted molar refractivity (Wildman–Crippen MR) is 85.3 cm³/mol. The molecule has 0 saturated carbocycles. The first-order chi connectivity index (χ1) is 10.7. The van der Waals surface area contributed by atoms with Crippen LogP contribution in [-0.4, -0.2) is 53.5 Å². The smallest absolute Gasteiger partial charge is 0.231 e. The van der Waals surface area contributed by atoms with Crippen molar-refractivity contribution in [1.82, 2.24) is 14.9 Å². The highest BCUT2D eigenvalue weighted by molar-refractivity contribution is 5.75. The molecule has 1 aliphatic heterocycles. The van der Waals surface area contributed by atoms with Crippen molar-refractivity contribution in [3.63, 3.8) is 0 Å². The van der Waals surface area contributed by atoms with Gasteiger partial charge in [-0.05, 0) is 6.07 Å². The second-order valence-electron chi connectivity index (χ2n) is 5.33. The van der Waals surface area contributed by atoms with Crippen LogP contribution in [-0.2, 0) is 4.79 Å². The van der Waals surface area contributed by atoms with Gasteiger partial charge in [-0.25, -0.2) is 9.97 Å². The second kappa shape index (κ2) is 6.53. The van der Waals surface area contributed by atoms with Crippen LogP contribution < -0.4 is 10.6 Å². The number of rotatable bonds is 4. The van der Waals surface area contributed by atoms with Gasteiger partial charge in [-0.2, -0.15) is 0 Å². The Morgan fingerprint density at radius 3 is 2.50 bits per heavy atom. The molecule has 0 bridgehead atoms. The average molecular weight is 297 g/mol. The van der Waals surface area contributed by atoms with Crippen molar-refractivity contribution in [3.8, 4) is 11.4 Å². The molecule has 1 amide bonds. The number of aromatic nitrogens is 2. The maximum absolute atomic E-state index is 11.0. The highest BCUT2D eigenvalue weighted by Gasteiger charge is 2.19. The summed E-state index contributed by atoms with van der Waals surface area (Å²) in [5, 5.41) is 0. The number of hydrogen-bond donors (Lipinski definition) is 1. The number of amides is 1. The van der Waals surface area contributed by atoms with E-state index in [1.807, 2.05) is 36.4 Å². The fourth-order valence-corrected chi connectivity index (χ4v) is 2.61. The fourth-order valence-electron chi connectivity index (χ4n) is 2.61. The standard InChI is InChI=1S/C16H19N5O/c17-14(22)12-20-8-10-21(11-9-20)15-6-7-18-16(19-15)13-4-2-1-3-5-13/h1-7H,8-12H2,(H2,17,22). The Morgan fingerprint density at radius 1 is 1.09 bits per heavy atom. The lowest BCUT2D eigenvalue weighted by Crippen LogP contribution is -2.49. The minimum atomic E-state index is -0.276. The molecule has 6 nitrogen and oxygen atoms in total. The highest BCUT2D eigenvalue weighted by atomic mass is 16.1. The lowest BCUT2D eigenvalue weighted by Gasteiger charge is -2.34. The third-order valence-electron chi connectivity index (χ3n) is 3.75. The van der Waals surface area contributed by atoms with Crippen molar-refractivity contribution in [2.24, 2.45) is 5.73 Å². The number of carbonyl (C=O) groups is 1. The Balaban J connectivity index is 1.70. The van der Waals surface area contributed by atoms with Gasteiger partial charge in [0.05, 0.1) is 6.54 Å². The Hall–Kier alpha value is -2.47. The van der Waals surface area contributed by atoms with Crippen LogP contribution in [0.3, 0.4) is 0 Å². The summed E-state index contributed by atoms with van der Waals surface area (Å²) in [4.78, 5) is 24.3. The van der Waals surface area contributed by atoms with E-state index in [1.165, 1.54) is 0 Å². The first-order valence-corrected chi connectivity index (χ1v) is 7.36. The minimum Gasteiger partial charge on any atom is -0.369 e. The molecular formula is C16H19N5O. The first-order valence-electron chi connectivity index (χ1n) is 7.36. The van der Waals surface area contributed by atoms with E-state index in [9.17, 15) is 4.79 Å². The minimum absolute atomic E-state index is 0.276. The van der Waals surface area contributed by atoms with E-state index < -0.39 is 0 Å². The van der Waals surface area contributed by atoms with E-state index in [4.69, 9.17) is 5.73 Å². The summed E-state index contributed by atoms with van der Waals surface area (Å²) in [7, 11) is 0. The topological polar surface area (TPSA) is 75.4 Å². The van der Waals surface area contributed by atoms with Gasteiger partial charge in [-0.3, -0.25) is 9.69 Å². The molecular weight excluding hydrogens is 278 g/mol. The molecule has 0 radical (unpaired) electrons. The number of primary amides is 1. The number of anilines is 1. The van der Waals surface area contributed by atoms with Crippen molar-refractivity contribution < 1.29 is 4.79 Å². The van der Waals surface area contributed by atoms with Gasteiger partial charge in [0.15, 0.2) is 5.82 Å². The second-order valence-corrected chi connectivity index (χ2v) is 5.33. The third-order valence-corrected chi connectivity index (χ3v) is 3.75. The zero-order valence-corrected chi connectivity index (χ0v) is 12.4. The Kier molecular flexibility index (Phi) is 4.29. The number of benzene rings is 1. The summed E-state index contributed by atoms with van der Waals surface area (Å²) in [6.07, 6.45) is 1.79. The van der Waals surface area contributed by atoms with Gasteiger partial charge in [-0.15, -0.1) is 0 Å². The molecule has 22 heavy (non-hydrogen) atoms. The Bertz CT molecular complexity index is 638. The molecule has 3 rings (SSSR count). The molecule has 1 fully saturated rings. The third kappa shape index (κ3) is 3.40. The van der Waals surface area contributed by atoms with Crippen LogP contribution in [0.1, 0.15) is 0 Å². The van der Waals surface area contributed by atoms with Gasteiger partial charge in [0, 0.05) is 37.9 Å². The zero-order chi connectivity index (χ0) is 15.4. The number of nitrogens with two attached hydrogens (primary N) is 1. The van der Waals surface area contributed by atoms with E-state index >= 15 is 0 Å². The lowest BCUT2D eigenvalue weighted by atomic mass is 10.2. The van der Waals surface area contributed by atoms with Crippen molar-refractivity contribution in [2.75, 3.05) is 37.6 Å². The predicted octanol–water partition coefficient (Wildman–Crippen LogP) is 0.751. The molecule has 2 N–H and O–H groups in total. The Morgan fingerprint density at radius 2 is 1.82 bits per heavy atom. The summed E-state index contributed by atoms with van der Waals surface area (Å²) >= 11 is 0. The van der Waals surface area contributed by atoms with Crippen LogP contribution in [0.25, 0.3) is 11.4 Å². The van der Waals surface area contributed by atoms with Gasteiger partial charge in [0.1, 0.15) is 5.82 Å². The molecule has 0 unspecified atom stereocenters. The number of piperazine rings is 1. The SMILES string of the molecule is NC(=O)CN1CCN(c2ccnc(-c3ccccc3)n2)CC1. The Labute approximate surface area is 129 Å². The molecule has 1 aromatic heterocycles. The highest BCUT2D eigenvalue weighted by Crippen LogP contribution is 2.19. The van der Waals surface area contributed by atoms with Crippen LogP contribution >= 0.6 is 0 Å². The zero-order valence-electron chi connectivity index (χ0n) is 12.4. The van der Waals surface area contributed by atoms with Gasteiger partial charge in [-0.1, -0.05) is 30.3 Å². The fraction of sp³-hybridized carbons (Fsp3) is 0.312. The number of nitrogens with zero attached hydrogens (tertiary/aromatic N) is 4. The summed E-state index contributed by atoms with van der Waals surface area (Å²) in [6, 6.07) is 11.9. The van der Waals surface area contributed by atoms with Crippen molar-refractivity contribution >= 4 is 11.7 Å². The van der Waals surface area contributed by atoms with Crippen LogP contribution in [0.4, 0.5) is 5.82 Å². The van der Waals surface area contributed by atoms with Crippen LogP contribution in [0.15, 0.2) is 42.6 Å². The van der Waals surface area contributed by atoms with E-state index in [0.717, 1.165) is 43.4 Å². The molecule has 1 saturated heterocycles. The van der Waals surface area contributed by atoms with Crippen LogP contribution in [0.5, 0.6) is 0 Å². The molecule has 114 valence electrons. The molecule has 1 aromatic carbocycles.